The number of halogens is 2. The molecule has 2 aromatic rings. The summed E-state index contributed by atoms with van der Waals surface area (Å²) < 4.78 is 26.9. The minimum absolute atomic E-state index is 0.0496. The van der Waals surface area contributed by atoms with Crippen LogP contribution in [0.25, 0.3) is 0 Å². The molecule has 1 aromatic carbocycles. The van der Waals surface area contributed by atoms with Crippen molar-refractivity contribution in [3.63, 3.8) is 0 Å². The van der Waals surface area contributed by atoms with E-state index in [1.807, 2.05) is 16.3 Å². The molecule has 7 heteroatoms. The Morgan fingerprint density at radius 3 is 2.65 bits per heavy atom. The van der Waals surface area contributed by atoms with Crippen LogP contribution in [0.1, 0.15) is 30.9 Å². The van der Waals surface area contributed by atoms with Crippen LogP contribution in [0, 0.1) is 17.6 Å². The topological polar surface area (TPSA) is 40.6 Å². The van der Waals surface area contributed by atoms with Crippen molar-refractivity contribution in [2.45, 2.75) is 25.3 Å². The molecule has 0 saturated carbocycles. The Morgan fingerprint density at radius 1 is 1.19 bits per heavy atom. The number of anilines is 1. The summed E-state index contributed by atoms with van der Waals surface area (Å²) in [6, 6.07) is 5.10. The van der Waals surface area contributed by atoms with Crippen molar-refractivity contribution >= 4 is 28.8 Å². The van der Waals surface area contributed by atoms with Crippen molar-refractivity contribution < 1.29 is 18.4 Å². The lowest BCUT2D eigenvalue weighted by atomic mass is 10.0. The number of amides is 2. The normalized spacial score (nSPS) is 23.1. The van der Waals surface area contributed by atoms with Gasteiger partial charge in [-0.05, 0) is 47.4 Å². The maximum absolute atomic E-state index is 13.5. The fraction of sp³-hybridized carbons (Fsp3) is 0.368. The summed E-state index contributed by atoms with van der Waals surface area (Å²) in [5.41, 5.74) is 1.30. The highest BCUT2D eigenvalue weighted by atomic mass is 32.1. The van der Waals surface area contributed by atoms with E-state index >= 15 is 0 Å². The lowest BCUT2D eigenvalue weighted by Gasteiger charge is -2.27. The van der Waals surface area contributed by atoms with Gasteiger partial charge in [-0.2, -0.15) is 11.3 Å². The van der Waals surface area contributed by atoms with E-state index in [2.05, 4.69) is 5.38 Å². The summed E-state index contributed by atoms with van der Waals surface area (Å²) in [5.74, 6) is -2.28. The van der Waals surface area contributed by atoms with Crippen molar-refractivity contribution in [3.05, 3.63) is 52.2 Å². The van der Waals surface area contributed by atoms with Gasteiger partial charge < -0.3 is 9.80 Å². The molecule has 0 bridgehead atoms. The number of carbonyl (C=O) groups is 2. The lowest BCUT2D eigenvalue weighted by Crippen LogP contribution is -2.37. The predicted molar refractivity (Wildman–Crippen MR) is 94.8 cm³/mol. The number of likely N-dealkylation sites (tertiary alicyclic amines) is 1. The number of nitrogens with zero attached hydrogens (tertiary/aromatic N) is 2. The van der Waals surface area contributed by atoms with E-state index in [9.17, 15) is 18.4 Å². The molecule has 0 N–H and O–H groups in total. The van der Waals surface area contributed by atoms with Gasteiger partial charge in [-0.15, -0.1) is 0 Å². The zero-order valence-electron chi connectivity index (χ0n) is 14.0. The van der Waals surface area contributed by atoms with Crippen LogP contribution in [-0.4, -0.2) is 29.8 Å². The number of hydrogen-bond donors (Lipinski definition) is 0. The first-order chi connectivity index (χ1) is 12.5. The van der Waals surface area contributed by atoms with Gasteiger partial charge in [0.1, 0.15) is 11.6 Å². The Morgan fingerprint density at radius 2 is 1.96 bits per heavy atom. The van der Waals surface area contributed by atoms with E-state index in [0.717, 1.165) is 36.6 Å². The van der Waals surface area contributed by atoms with Gasteiger partial charge >= 0.3 is 0 Å². The van der Waals surface area contributed by atoms with Gasteiger partial charge in [0.05, 0.1) is 12.0 Å². The summed E-state index contributed by atoms with van der Waals surface area (Å²) in [4.78, 5) is 28.5. The Bertz CT molecular complexity index is 820. The van der Waals surface area contributed by atoms with Crippen molar-refractivity contribution in [3.8, 4) is 0 Å². The van der Waals surface area contributed by atoms with E-state index in [0.29, 0.717) is 6.54 Å². The maximum atomic E-state index is 13.5. The molecule has 4 rings (SSSR count). The quantitative estimate of drug-likeness (QED) is 0.819. The molecule has 0 aliphatic carbocycles. The summed E-state index contributed by atoms with van der Waals surface area (Å²) in [7, 11) is 0. The van der Waals surface area contributed by atoms with Crippen LogP contribution in [0.4, 0.5) is 14.5 Å². The van der Waals surface area contributed by atoms with E-state index in [1.165, 1.54) is 4.90 Å². The molecular formula is C19H18F2N2O2S. The van der Waals surface area contributed by atoms with Crippen LogP contribution in [0.15, 0.2) is 35.0 Å². The standard InChI is InChI=1S/C19H18F2N2O2S/c20-14-7-15(21)9-16(8-14)23-10-13(6-18(23)24)19(25)22-4-1-2-17(22)12-3-5-26-11-12/h3,5,7-9,11,13,17H,1-2,4,6,10H2. The third-order valence-electron chi connectivity index (χ3n) is 5.10. The maximum Gasteiger partial charge on any atom is 0.228 e. The number of thiophene rings is 1. The van der Waals surface area contributed by atoms with Crippen molar-refractivity contribution in [1.82, 2.24) is 4.90 Å². The van der Waals surface area contributed by atoms with E-state index in [4.69, 9.17) is 0 Å². The van der Waals surface area contributed by atoms with E-state index in [-0.39, 0.29) is 36.5 Å². The molecule has 2 saturated heterocycles. The molecule has 2 unspecified atom stereocenters. The van der Waals surface area contributed by atoms with Gasteiger partial charge in [0, 0.05) is 31.3 Å². The highest BCUT2D eigenvalue weighted by Gasteiger charge is 2.40. The molecule has 0 radical (unpaired) electrons. The lowest BCUT2D eigenvalue weighted by molar-refractivity contribution is -0.136. The fourth-order valence-electron chi connectivity index (χ4n) is 3.89. The first-order valence-corrected chi connectivity index (χ1v) is 9.56. The van der Waals surface area contributed by atoms with Crippen LogP contribution in [-0.2, 0) is 9.59 Å². The smallest absolute Gasteiger partial charge is 0.228 e. The third kappa shape index (κ3) is 3.11. The largest absolute Gasteiger partial charge is 0.335 e. The van der Waals surface area contributed by atoms with Crippen molar-refractivity contribution in [2.75, 3.05) is 18.0 Å². The second kappa shape index (κ2) is 6.79. The minimum Gasteiger partial charge on any atom is -0.335 e. The van der Waals surface area contributed by atoms with Gasteiger partial charge in [0.25, 0.3) is 0 Å². The Labute approximate surface area is 154 Å². The average molecular weight is 376 g/mol. The highest BCUT2D eigenvalue weighted by Crippen LogP contribution is 2.36. The van der Waals surface area contributed by atoms with Crippen molar-refractivity contribution in [2.24, 2.45) is 5.92 Å². The van der Waals surface area contributed by atoms with Gasteiger partial charge in [-0.3, -0.25) is 9.59 Å². The zero-order chi connectivity index (χ0) is 18.3. The molecule has 1 aromatic heterocycles. The van der Waals surface area contributed by atoms with Gasteiger partial charge in [0.15, 0.2) is 0 Å². The molecule has 2 fully saturated rings. The van der Waals surface area contributed by atoms with Crippen LogP contribution < -0.4 is 4.90 Å². The molecule has 136 valence electrons. The van der Waals surface area contributed by atoms with Gasteiger partial charge in [-0.1, -0.05) is 0 Å². The van der Waals surface area contributed by atoms with Crippen LogP contribution in [0.5, 0.6) is 0 Å². The molecule has 4 nitrogen and oxygen atoms in total. The van der Waals surface area contributed by atoms with E-state index < -0.39 is 17.6 Å². The van der Waals surface area contributed by atoms with Crippen molar-refractivity contribution in [1.29, 1.82) is 0 Å². The third-order valence-corrected chi connectivity index (χ3v) is 5.80. The second-order valence-electron chi connectivity index (χ2n) is 6.78. The van der Waals surface area contributed by atoms with Crippen LogP contribution in [0.3, 0.4) is 0 Å². The summed E-state index contributed by atoms with van der Waals surface area (Å²) >= 11 is 1.60. The van der Waals surface area contributed by atoms with Gasteiger partial charge in [-0.25, -0.2) is 8.78 Å². The molecule has 2 aliphatic rings. The summed E-state index contributed by atoms with van der Waals surface area (Å²) in [5, 5.41) is 4.05. The molecule has 2 aliphatic heterocycles. The molecule has 26 heavy (non-hydrogen) atoms. The Kier molecular flexibility index (Phi) is 4.48. The molecule has 0 spiro atoms. The second-order valence-corrected chi connectivity index (χ2v) is 7.56. The van der Waals surface area contributed by atoms with E-state index in [1.54, 1.807) is 11.3 Å². The molecule has 2 atom stereocenters. The summed E-state index contributed by atoms with van der Waals surface area (Å²) in [6.45, 7) is 0.839. The predicted octanol–water partition coefficient (Wildman–Crippen LogP) is 3.74. The summed E-state index contributed by atoms with van der Waals surface area (Å²) in [6.07, 6.45) is 1.93. The van der Waals surface area contributed by atoms with Crippen LogP contribution >= 0.6 is 11.3 Å². The monoisotopic (exact) mass is 376 g/mol. The number of hydrogen-bond acceptors (Lipinski definition) is 3. The first kappa shape index (κ1) is 17.1. The van der Waals surface area contributed by atoms with Gasteiger partial charge in [0.2, 0.25) is 11.8 Å². The highest BCUT2D eigenvalue weighted by molar-refractivity contribution is 7.08. The van der Waals surface area contributed by atoms with Crippen LogP contribution in [0.2, 0.25) is 0 Å². The number of rotatable bonds is 3. The number of benzene rings is 1. The average Bonchev–Trinajstić information content (AvgIpc) is 3.33. The molecular weight excluding hydrogens is 358 g/mol. The number of carbonyl (C=O) groups excluding carboxylic acids is 2. The minimum atomic E-state index is -0.736. The zero-order valence-corrected chi connectivity index (χ0v) is 14.8. The Hall–Kier alpha value is -2.28. The first-order valence-electron chi connectivity index (χ1n) is 8.62. The molecule has 3 heterocycles. The SMILES string of the molecule is O=C1CC(C(=O)N2CCCC2c2ccsc2)CN1c1cc(F)cc(F)c1. The Balaban J connectivity index is 1.52. The fourth-order valence-corrected chi connectivity index (χ4v) is 4.60. The molecule has 2 amide bonds.